The Bertz CT molecular complexity index is 598. The van der Waals surface area contributed by atoms with E-state index in [1.165, 1.54) is 35.4 Å². The molecule has 2 saturated carbocycles. The van der Waals surface area contributed by atoms with Crippen LogP contribution in [0.5, 0.6) is 0 Å². The van der Waals surface area contributed by atoms with Crippen LogP contribution in [0.1, 0.15) is 41.9 Å². The molecule has 0 aliphatic heterocycles. The summed E-state index contributed by atoms with van der Waals surface area (Å²) in [5.74, 6) is 2.75. The molecule has 2 aliphatic rings. The molecule has 4 rings (SSSR count). The van der Waals surface area contributed by atoms with Gasteiger partial charge in [-0.15, -0.1) is 22.7 Å². The quantitative estimate of drug-likeness (QED) is 0.708. The molecule has 3 unspecified atom stereocenters. The van der Waals surface area contributed by atoms with E-state index >= 15 is 0 Å². The first-order valence-corrected chi connectivity index (χ1v) is 10.4. The Hall–Kier alpha value is -1.13. The Labute approximate surface area is 146 Å². The second kappa shape index (κ2) is 6.78. The molecule has 2 fully saturated rings. The van der Waals surface area contributed by atoms with Gasteiger partial charge in [-0.2, -0.15) is 0 Å². The van der Waals surface area contributed by atoms with Crippen molar-refractivity contribution < 1.29 is 4.79 Å². The van der Waals surface area contributed by atoms with Crippen molar-refractivity contribution in [2.75, 3.05) is 0 Å². The van der Waals surface area contributed by atoms with Crippen molar-refractivity contribution in [1.82, 2.24) is 4.90 Å². The lowest BCUT2D eigenvalue weighted by Crippen LogP contribution is -2.32. The number of thiophene rings is 2. The maximum absolute atomic E-state index is 13.0. The molecule has 0 saturated heterocycles. The predicted molar refractivity (Wildman–Crippen MR) is 96.4 cm³/mol. The summed E-state index contributed by atoms with van der Waals surface area (Å²) >= 11 is 3.49. The topological polar surface area (TPSA) is 20.3 Å². The third-order valence-corrected chi connectivity index (χ3v) is 7.25. The van der Waals surface area contributed by atoms with E-state index in [-0.39, 0.29) is 0 Å². The molecule has 2 heterocycles. The molecule has 0 radical (unpaired) electrons. The summed E-state index contributed by atoms with van der Waals surface area (Å²) in [6, 6.07) is 8.42. The van der Waals surface area contributed by atoms with Crippen LogP contribution in [0.2, 0.25) is 0 Å². The van der Waals surface area contributed by atoms with E-state index in [1.54, 1.807) is 22.7 Å². The first-order valence-electron chi connectivity index (χ1n) is 8.60. The van der Waals surface area contributed by atoms with Gasteiger partial charge in [0.05, 0.1) is 13.1 Å². The zero-order chi connectivity index (χ0) is 15.6. The van der Waals surface area contributed by atoms with Gasteiger partial charge in [0, 0.05) is 16.2 Å². The smallest absolute Gasteiger partial charge is 0.223 e. The average molecular weight is 346 g/mol. The van der Waals surface area contributed by atoms with Crippen LogP contribution >= 0.6 is 22.7 Å². The molecule has 3 atom stereocenters. The summed E-state index contributed by atoms with van der Waals surface area (Å²) < 4.78 is 0. The summed E-state index contributed by atoms with van der Waals surface area (Å²) in [5.41, 5.74) is 0. The Morgan fingerprint density at radius 3 is 2.22 bits per heavy atom. The van der Waals surface area contributed by atoms with Crippen molar-refractivity contribution >= 4 is 28.6 Å². The zero-order valence-electron chi connectivity index (χ0n) is 13.3. The summed E-state index contributed by atoms with van der Waals surface area (Å²) in [5, 5.41) is 4.19. The van der Waals surface area contributed by atoms with Gasteiger partial charge in [-0.05, 0) is 59.9 Å². The van der Waals surface area contributed by atoms with Crippen LogP contribution in [0.4, 0.5) is 0 Å². The fourth-order valence-electron chi connectivity index (χ4n) is 4.39. The summed E-state index contributed by atoms with van der Waals surface area (Å²) in [6.45, 7) is 1.52. The van der Waals surface area contributed by atoms with Crippen molar-refractivity contribution in [3.8, 4) is 0 Å². The van der Waals surface area contributed by atoms with E-state index in [1.807, 2.05) is 0 Å². The number of nitrogens with zero attached hydrogens (tertiary/aromatic N) is 1. The van der Waals surface area contributed by atoms with Gasteiger partial charge < -0.3 is 4.90 Å². The van der Waals surface area contributed by atoms with Gasteiger partial charge >= 0.3 is 0 Å². The number of carbonyl (C=O) groups excluding carboxylic acids is 1. The Kier molecular flexibility index (Phi) is 4.54. The van der Waals surface area contributed by atoms with E-state index in [9.17, 15) is 4.79 Å². The minimum atomic E-state index is 0.351. The standard InChI is InChI=1S/C19H23NOS2/c21-19(11-16-10-14-5-6-15(16)9-14)20(12-17-3-1-7-22-17)13-18-4-2-8-23-18/h1-4,7-8,14-16H,5-6,9-13H2. The van der Waals surface area contributed by atoms with E-state index in [0.29, 0.717) is 11.8 Å². The van der Waals surface area contributed by atoms with E-state index in [0.717, 1.165) is 31.3 Å². The van der Waals surface area contributed by atoms with Crippen LogP contribution in [0, 0.1) is 17.8 Å². The van der Waals surface area contributed by atoms with Gasteiger partial charge in [0.1, 0.15) is 0 Å². The molecule has 0 spiro atoms. The minimum absolute atomic E-state index is 0.351. The van der Waals surface area contributed by atoms with Gasteiger partial charge in [0.15, 0.2) is 0 Å². The molecule has 4 heteroatoms. The van der Waals surface area contributed by atoms with E-state index in [4.69, 9.17) is 0 Å². The molecule has 122 valence electrons. The fraction of sp³-hybridized carbons (Fsp3) is 0.526. The fourth-order valence-corrected chi connectivity index (χ4v) is 5.83. The molecule has 2 bridgehead atoms. The molecule has 2 nitrogen and oxygen atoms in total. The Balaban J connectivity index is 1.43. The lowest BCUT2D eigenvalue weighted by molar-refractivity contribution is -0.133. The molecule has 2 aliphatic carbocycles. The second-order valence-corrected chi connectivity index (χ2v) is 9.11. The summed E-state index contributed by atoms with van der Waals surface area (Å²) in [4.78, 5) is 17.6. The lowest BCUT2D eigenvalue weighted by Gasteiger charge is -2.26. The Morgan fingerprint density at radius 2 is 1.74 bits per heavy atom. The number of rotatable bonds is 6. The highest BCUT2D eigenvalue weighted by atomic mass is 32.1. The normalized spacial score (nSPS) is 25.8. The van der Waals surface area contributed by atoms with Crippen LogP contribution in [0.3, 0.4) is 0 Å². The maximum Gasteiger partial charge on any atom is 0.223 e. The summed E-state index contributed by atoms with van der Waals surface area (Å²) in [6.07, 6.45) is 6.20. The number of fused-ring (bicyclic) bond motifs is 2. The molecule has 0 aromatic carbocycles. The minimum Gasteiger partial charge on any atom is -0.332 e. The van der Waals surface area contributed by atoms with Crippen molar-refractivity contribution in [3.63, 3.8) is 0 Å². The molecule has 2 aromatic heterocycles. The van der Waals surface area contributed by atoms with Gasteiger partial charge in [-0.1, -0.05) is 18.6 Å². The number of hydrogen-bond donors (Lipinski definition) is 0. The van der Waals surface area contributed by atoms with Crippen molar-refractivity contribution in [2.24, 2.45) is 17.8 Å². The largest absolute Gasteiger partial charge is 0.332 e. The van der Waals surface area contributed by atoms with Gasteiger partial charge in [0.25, 0.3) is 0 Å². The molecule has 1 amide bonds. The highest BCUT2D eigenvalue weighted by molar-refractivity contribution is 7.10. The van der Waals surface area contributed by atoms with Crippen LogP contribution in [-0.2, 0) is 17.9 Å². The second-order valence-electron chi connectivity index (χ2n) is 7.05. The number of amides is 1. The van der Waals surface area contributed by atoms with E-state index < -0.39 is 0 Å². The van der Waals surface area contributed by atoms with Crippen molar-refractivity contribution in [2.45, 2.75) is 45.2 Å². The number of carbonyl (C=O) groups is 1. The molecule has 23 heavy (non-hydrogen) atoms. The highest BCUT2D eigenvalue weighted by Gasteiger charge is 2.40. The monoisotopic (exact) mass is 345 g/mol. The third-order valence-electron chi connectivity index (χ3n) is 5.53. The first kappa shape index (κ1) is 15.4. The van der Waals surface area contributed by atoms with Crippen LogP contribution in [-0.4, -0.2) is 10.8 Å². The zero-order valence-corrected chi connectivity index (χ0v) is 15.0. The van der Waals surface area contributed by atoms with Gasteiger partial charge in [-0.25, -0.2) is 0 Å². The molecule has 2 aromatic rings. The van der Waals surface area contributed by atoms with Crippen LogP contribution in [0.15, 0.2) is 35.0 Å². The molecule has 0 N–H and O–H groups in total. The van der Waals surface area contributed by atoms with Crippen molar-refractivity contribution in [1.29, 1.82) is 0 Å². The van der Waals surface area contributed by atoms with Gasteiger partial charge in [0.2, 0.25) is 5.91 Å². The number of hydrogen-bond acceptors (Lipinski definition) is 3. The van der Waals surface area contributed by atoms with Crippen LogP contribution < -0.4 is 0 Å². The average Bonchev–Trinajstić information content (AvgIpc) is 3.32. The van der Waals surface area contributed by atoms with Gasteiger partial charge in [-0.3, -0.25) is 4.79 Å². The maximum atomic E-state index is 13.0. The predicted octanol–water partition coefficient (Wildman–Crippen LogP) is 5.16. The van der Waals surface area contributed by atoms with E-state index in [2.05, 4.69) is 39.9 Å². The third kappa shape index (κ3) is 3.53. The molecular weight excluding hydrogens is 322 g/mol. The highest BCUT2D eigenvalue weighted by Crippen LogP contribution is 2.49. The first-order chi connectivity index (χ1) is 11.3. The molecular formula is C19H23NOS2. The van der Waals surface area contributed by atoms with Crippen LogP contribution in [0.25, 0.3) is 0 Å². The SMILES string of the molecule is O=C(CC1CC2CCC1C2)N(Cc1cccs1)Cc1cccs1. The van der Waals surface area contributed by atoms with Crippen molar-refractivity contribution in [3.05, 3.63) is 44.8 Å². The lowest BCUT2D eigenvalue weighted by atomic mass is 9.86. The Morgan fingerprint density at radius 1 is 1.04 bits per heavy atom. The summed E-state index contributed by atoms with van der Waals surface area (Å²) in [7, 11) is 0.